The summed E-state index contributed by atoms with van der Waals surface area (Å²) in [5, 5.41) is 5.53. The van der Waals surface area contributed by atoms with Crippen LogP contribution >= 0.6 is 11.3 Å². The van der Waals surface area contributed by atoms with Crippen molar-refractivity contribution in [3.63, 3.8) is 0 Å². The number of hydrogen-bond donors (Lipinski definition) is 2. The van der Waals surface area contributed by atoms with E-state index < -0.39 is 17.5 Å². The molecule has 2 amide bonds. The third-order valence-electron chi connectivity index (χ3n) is 4.11. The van der Waals surface area contributed by atoms with Gasteiger partial charge >= 0.3 is 0 Å². The van der Waals surface area contributed by atoms with Crippen LogP contribution in [0.1, 0.15) is 20.7 Å². The smallest absolute Gasteiger partial charge is 0.259 e. The maximum atomic E-state index is 13.4. The first-order chi connectivity index (χ1) is 14.0. The van der Waals surface area contributed by atoms with Crippen molar-refractivity contribution in [2.75, 3.05) is 10.6 Å². The molecule has 0 spiro atoms. The maximum absolute atomic E-state index is 13.4. The first-order valence-corrected chi connectivity index (χ1v) is 9.35. The molecule has 2 N–H and O–H groups in total. The van der Waals surface area contributed by atoms with Gasteiger partial charge in [-0.05, 0) is 30.3 Å². The van der Waals surface area contributed by atoms with Crippen molar-refractivity contribution in [3.8, 4) is 0 Å². The second-order valence-electron chi connectivity index (χ2n) is 6.07. The summed E-state index contributed by atoms with van der Waals surface area (Å²) in [6, 6.07) is 17.1. The molecule has 3 aromatic carbocycles. The van der Waals surface area contributed by atoms with E-state index in [1.807, 2.05) is 0 Å². The van der Waals surface area contributed by atoms with Gasteiger partial charge in [-0.2, -0.15) is 0 Å². The zero-order chi connectivity index (χ0) is 20.4. The molecule has 8 heteroatoms. The van der Waals surface area contributed by atoms with Gasteiger partial charge in [0.05, 0.1) is 21.5 Å². The highest BCUT2D eigenvalue weighted by molar-refractivity contribution is 7.22. The molecule has 144 valence electrons. The monoisotopic (exact) mass is 409 g/mol. The van der Waals surface area contributed by atoms with E-state index in [9.17, 15) is 18.4 Å². The van der Waals surface area contributed by atoms with Crippen molar-refractivity contribution in [2.45, 2.75) is 0 Å². The van der Waals surface area contributed by atoms with Gasteiger partial charge < -0.3 is 5.32 Å². The summed E-state index contributed by atoms with van der Waals surface area (Å²) in [4.78, 5) is 29.2. The minimum absolute atomic E-state index is 0.194. The van der Waals surface area contributed by atoms with Crippen LogP contribution in [0.5, 0.6) is 0 Å². The van der Waals surface area contributed by atoms with Crippen LogP contribution in [0.3, 0.4) is 0 Å². The molecule has 0 saturated heterocycles. The molecule has 0 aliphatic rings. The zero-order valence-electron chi connectivity index (χ0n) is 14.8. The number of nitrogens with one attached hydrogen (secondary N) is 2. The summed E-state index contributed by atoms with van der Waals surface area (Å²) in [7, 11) is 0. The number of fused-ring (bicyclic) bond motifs is 1. The van der Waals surface area contributed by atoms with E-state index in [0.29, 0.717) is 16.0 Å². The Bertz CT molecular complexity index is 1190. The molecule has 0 fully saturated rings. The fourth-order valence-corrected chi connectivity index (χ4v) is 3.58. The molecule has 1 heterocycles. The van der Waals surface area contributed by atoms with Crippen molar-refractivity contribution in [1.29, 1.82) is 0 Å². The molecule has 0 atom stereocenters. The van der Waals surface area contributed by atoms with Gasteiger partial charge in [0.25, 0.3) is 11.8 Å². The van der Waals surface area contributed by atoms with Gasteiger partial charge in [0, 0.05) is 11.6 Å². The largest absolute Gasteiger partial charge is 0.321 e. The SMILES string of the molecule is O=C(Nc1ccccc1C(=O)Nc1nc2cc(F)c(F)cc2s1)c1ccccc1. The Morgan fingerprint density at radius 1 is 0.828 bits per heavy atom. The van der Waals surface area contributed by atoms with Gasteiger partial charge in [-0.1, -0.05) is 41.7 Å². The summed E-state index contributed by atoms with van der Waals surface area (Å²) in [6.45, 7) is 0. The van der Waals surface area contributed by atoms with E-state index in [0.717, 1.165) is 23.5 Å². The van der Waals surface area contributed by atoms with E-state index in [4.69, 9.17) is 0 Å². The average molecular weight is 409 g/mol. The minimum atomic E-state index is -1.00. The van der Waals surface area contributed by atoms with E-state index in [1.54, 1.807) is 54.6 Å². The standard InChI is InChI=1S/C21H13F2N3O2S/c22-14-10-17-18(11-15(14)23)29-21(25-17)26-20(28)13-8-4-5-9-16(13)24-19(27)12-6-2-1-3-7-12/h1-11H,(H,24,27)(H,25,26,28). The topological polar surface area (TPSA) is 71.1 Å². The Morgan fingerprint density at radius 2 is 1.52 bits per heavy atom. The third kappa shape index (κ3) is 3.97. The second kappa shape index (κ2) is 7.76. The molecule has 0 bridgehead atoms. The molecule has 29 heavy (non-hydrogen) atoms. The lowest BCUT2D eigenvalue weighted by Gasteiger charge is -2.10. The summed E-state index contributed by atoms with van der Waals surface area (Å²) in [5.74, 6) is -2.84. The van der Waals surface area contributed by atoms with Crippen LogP contribution in [0.4, 0.5) is 19.6 Å². The fraction of sp³-hybridized carbons (Fsp3) is 0. The quantitative estimate of drug-likeness (QED) is 0.494. The van der Waals surface area contributed by atoms with Crippen molar-refractivity contribution in [3.05, 3.63) is 89.5 Å². The summed E-state index contributed by atoms with van der Waals surface area (Å²) >= 11 is 1.02. The van der Waals surface area contributed by atoms with Gasteiger partial charge in [-0.15, -0.1) is 0 Å². The van der Waals surface area contributed by atoms with Crippen LogP contribution in [0.15, 0.2) is 66.7 Å². The number of benzene rings is 3. The van der Waals surface area contributed by atoms with Crippen molar-refractivity contribution in [1.82, 2.24) is 4.98 Å². The van der Waals surface area contributed by atoms with Crippen molar-refractivity contribution in [2.24, 2.45) is 0 Å². The summed E-state index contributed by atoms with van der Waals surface area (Å²) < 4.78 is 27.1. The first-order valence-electron chi connectivity index (χ1n) is 8.53. The average Bonchev–Trinajstić information content (AvgIpc) is 3.10. The number of carbonyl (C=O) groups excluding carboxylic acids is 2. The molecular formula is C21H13F2N3O2S. The predicted octanol–water partition coefficient (Wildman–Crippen LogP) is 5.08. The third-order valence-corrected chi connectivity index (χ3v) is 5.04. The Kier molecular flexibility index (Phi) is 5.01. The number of aromatic nitrogens is 1. The van der Waals surface area contributed by atoms with Crippen LogP contribution in [-0.4, -0.2) is 16.8 Å². The normalized spacial score (nSPS) is 10.7. The predicted molar refractivity (Wildman–Crippen MR) is 108 cm³/mol. The van der Waals surface area contributed by atoms with Gasteiger partial charge in [0.1, 0.15) is 0 Å². The van der Waals surface area contributed by atoms with E-state index >= 15 is 0 Å². The molecule has 1 aromatic heterocycles. The molecule has 4 rings (SSSR count). The second-order valence-corrected chi connectivity index (χ2v) is 7.10. The lowest BCUT2D eigenvalue weighted by molar-refractivity contribution is 0.102. The molecule has 0 radical (unpaired) electrons. The highest BCUT2D eigenvalue weighted by Crippen LogP contribution is 2.28. The minimum Gasteiger partial charge on any atom is -0.321 e. The number of halogens is 2. The Balaban J connectivity index is 1.57. The first kappa shape index (κ1) is 18.7. The number of amides is 2. The number of nitrogens with zero attached hydrogens (tertiary/aromatic N) is 1. The maximum Gasteiger partial charge on any atom is 0.259 e. The summed E-state index contributed by atoms with van der Waals surface area (Å²) in [5.41, 5.74) is 1.26. The molecular weight excluding hydrogens is 396 g/mol. The van der Waals surface area contributed by atoms with Crippen LogP contribution in [0.2, 0.25) is 0 Å². The number of carbonyl (C=O) groups is 2. The Labute approximate surface area is 168 Å². The molecule has 4 aromatic rings. The van der Waals surface area contributed by atoms with Gasteiger partial charge in [0.15, 0.2) is 16.8 Å². The molecule has 0 unspecified atom stereocenters. The van der Waals surface area contributed by atoms with Crippen molar-refractivity contribution >= 4 is 44.2 Å². The van der Waals surface area contributed by atoms with Crippen LogP contribution < -0.4 is 10.6 Å². The van der Waals surface area contributed by atoms with Gasteiger partial charge in [0.2, 0.25) is 0 Å². The highest BCUT2D eigenvalue weighted by atomic mass is 32.1. The lowest BCUT2D eigenvalue weighted by Crippen LogP contribution is -2.18. The van der Waals surface area contributed by atoms with E-state index in [2.05, 4.69) is 15.6 Å². The van der Waals surface area contributed by atoms with Crippen LogP contribution in [0.25, 0.3) is 10.2 Å². The Hall–Kier alpha value is -3.65. The van der Waals surface area contributed by atoms with Crippen LogP contribution in [-0.2, 0) is 0 Å². The van der Waals surface area contributed by atoms with E-state index in [1.165, 1.54) is 0 Å². The molecule has 0 aliphatic heterocycles. The number of rotatable bonds is 4. The molecule has 0 aliphatic carbocycles. The zero-order valence-corrected chi connectivity index (χ0v) is 15.6. The van der Waals surface area contributed by atoms with E-state index in [-0.39, 0.29) is 22.1 Å². The van der Waals surface area contributed by atoms with Gasteiger partial charge in [-0.25, -0.2) is 13.8 Å². The van der Waals surface area contributed by atoms with Gasteiger partial charge in [-0.3, -0.25) is 14.9 Å². The van der Waals surface area contributed by atoms with Crippen LogP contribution in [0, 0.1) is 11.6 Å². The number of anilines is 2. The number of hydrogen-bond acceptors (Lipinski definition) is 4. The Morgan fingerprint density at radius 3 is 2.31 bits per heavy atom. The lowest BCUT2D eigenvalue weighted by atomic mass is 10.1. The number of thiazole rings is 1. The highest BCUT2D eigenvalue weighted by Gasteiger charge is 2.16. The fourth-order valence-electron chi connectivity index (χ4n) is 2.72. The molecule has 0 saturated carbocycles. The van der Waals surface area contributed by atoms with Crippen molar-refractivity contribution < 1.29 is 18.4 Å². The number of para-hydroxylation sites is 1. The summed E-state index contributed by atoms with van der Waals surface area (Å²) in [6.07, 6.45) is 0. The molecule has 5 nitrogen and oxygen atoms in total.